The van der Waals surface area contributed by atoms with Crippen LogP contribution in [-0.4, -0.2) is 30.9 Å². The van der Waals surface area contributed by atoms with Crippen molar-refractivity contribution < 1.29 is 22.1 Å². The molecule has 1 aromatic carbocycles. The van der Waals surface area contributed by atoms with Crippen LogP contribution in [0, 0.1) is 0 Å². The molecule has 2 aromatic rings. The highest BCUT2D eigenvalue weighted by Crippen LogP contribution is 2.34. The van der Waals surface area contributed by atoms with Crippen LogP contribution in [0.2, 0.25) is 0 Å². The first-order valence-electron chi connectivity index (χ1n) is 7.18. The van der Waals surface area contributed by atoms with Crippen molar-refractivity contribution in [2.45, 2.75) is 17.8 Å². The molecule has 3 rings (SSSR count). The standard InChI is InChI=1S/C17H16O6S/c1-17(22-2)8-7-15(24(19,20)21)13(10-17)12-4-3-11-5-6-16(18)23-14(11)9-12/h3-10,15H,1-2H3,(H,19,20,21)/p-1. The van der Waals surface area contributed by atoms with E-state index >= 15 is 0 Å². The Balaban J connectivity index is 2.21. The first-order valence-corrected chi connectivity index (χ1v) is 8.65. The fourth-order valence-electron chi connectivity index (χ4n) is 2.69. The summed E-state index contributed by atoms with van der Waals surface area (Å²) in [7, 11) is -3.11. The van der Waals surface area contributed by atoms with Gasteiger partial charge < -0.3 is 13.7 Å². The van der Waals surface area contributed by atoms with Crippen LogP contribution in [0.25, 0.3) is 16.5 Å². The summed E-state index contributed by atoms with van der Waals surface area (Å²) in [5.74, 6) is 0. The van der Waals surface area contributed by atoms with E-state index in [4.69, 9.17) is 9.15 Å². The Hall–Kier alpha value is -2.22. The van der Waals surface area contributed by atoms with Gasteiger partial charge in [0.05, 0.1) is 5.25 Å². The normalized spacial score (nSPS) is 24.1. The maximum atomic E-state index is 11.6. The molecule has 7 heteroatoms. The van der Waals surface area contributed by atoms with Gasteiger partial charge in [-0.1, -0.05) is 24.3 Å². The van der Waals surface area contributed by atoms with Crippen molar-refractivity contribution in [2.24, 2.45) is 0 Å². The number of methoxy groups -OCH3 is 1. The smallest absolute Gasteiger partial charge is 0.336 e. The number of fused-ring (bicyclic) bond motifs is 1. The minimum atomic E-state index is -4.60. The van der Waals surface area contributed by atoms with Crippen molar-refractivity contribution in [2.75, 3.05) is 7.11 Å². The molecule has 1 aliphatic carbocycles. The van der Waals surface area contributed by atoms with Gasteiger partial charge >= 0.3 is 5.63 Å². The molecule has 2 atom stereocenters. The molecule has 0 aliphatic heterocycles. The Morgan fingerprint density at radius 3 is 2.62 bits per heavy atom. The van der Waals surface area contributed by atoms with E-state index < -0.39 is 26.6 Å². The molecule has 24 heavy (non-hydrogen) atoms. The highest BCUT2D eigenvalue weighted by atomic mass is 32.2. The van der Waals surface area contributed by atoms with Gasteiger partial charge in [-0.05, 0) is 36.3 Å². The summed E-state index contributed by atoms with van der Waals surface area (Å²) >= 11 is 0. The van der Waals surface area contributed by atoms with Crippen molar-refractivity contribution in [3.63, 3.8) is 0 Å². The van der Waals surface area contributed by atoms with Gasteiger partial charge in [0.25, 0.3) is 0 Å². The van der Waals surface area contributed by atoms with Crippen molar-refractivity contribution in [1.29, 1.82) is 0 Å². The molecule has 0 saturated carbocycles. The lowest BCUT2D eigenvalue weighted by molar-refractivity contribution is 0.0900. The van der Waals surface area contributed by atoms with Crippen LogP contribution in [0.1, 0.15) is 12.5 Å². The first-order chi connectivity index (χ1) is 11.2. The van der Waals surface area contributed by atoms with E-state index in [9.17, 15) is 17.8 Å². The molecule has 126 valence electrons. The second-order valence-corrected chi connectivity index (χ2v) is 7.26. The Kier molecular flexibility index (Phi) is 3.95. The van der Waals surface area contributed by atoms with E-state index in [-0.39, 0.29) is 0 Å². The molecule has 0 N–H and O–H groups in total. The van der Waals surface area contributed by atoms with E-state index in [1.165, 1.54) is 25.3 Å². The Bertz CT molecular complexity index is 1010. The van der Waals surface area contributed by atoms with E-state index in [2.05, 4.69) is 0 Å². The van der Waals surface area contributed by atoms with Crippen LogP contribution in [0.15, 0.2) is 57.8 Å². The van der Waals surface area contributed by atoms with Gasteiger partial charge in [0, 0.05) is 18.6 Å². The van der Waals surface area contributed by atoms with Gasteiger partial charge in [0.1, 0.15) is 21.3 Å². The summed E-state index contributed by atoms with van der Waals surface area (Å²) in [4.78, 5) is 11.4. The van der Waals surface area contributed by atoms with Crippen LogP contribution < -0.4 is 5.63 Å². The highest BCUT2D eigenvalue weighted by molar-refractivity contribution is 7.87. The van der Waals surface area contributed by atoms with Crippen LogP contribution >= 0.6 is 0 Å². The van der Waals surface area contributed by atoms with Crippen LogP contribution in [0.4, 0.5) is 0 Å². The molecule has 0 saturated heterocycles. The number of rotatable bonds is 3. The molecule has 0 fully saturated rings. The maximum Gasteiger partial charge on any atom is 0.336 e. The average Bonchev–Trinajstić information content (AvgIpc) is 2.53. The zero-order valence-corrected chi connectivity index (χ0v) is 13.9. The number of ether oxygens (including phenoxy) is 1. The summed E-state index contributed by atoms with van der Waals surface area (Å²) in [5, 5.41) is -0.630. The fourth-order valence-corrected chi connectivity index (χ4v) is 3.47. The van der Waals surface area contributed by atoms with Crippen molar-refractivity contribution in [1.82, 2.24) is 0 Å². The van der Waals surface area contributed by atoms with Gasteiger partial charge in [-0.15, -0.1) is 0 Å². The largest absolute Gasteiger partial charge is 0.747 e. The first kappa shape index (κ1) is 16.6. The topological polar surface area (TPSA) is 96.6 Å². The zero-order chi connectivity index (χ0) is 17.5. The quantitative estimate of drug-likeness (QED) is 0.479. The molecular weight excluding hydrogens is 332 g/mol. The lowest BCUT2D eigenvalue weighted by Gasteiger charge is -2.31. The van der Waals surface area contributed by atoms with E-state index in [0.717, 1.165) is 0 Å². The molecule has 1 aromatic heterocycles. The fraction of sp³-hybridized carbons (Fsp3) is 0.235. The second-order valence-electron chi connectivity index (χ2n) is 5.77. The average molecular weight is 347 g/mol. The predicted octanol–water partition coefficient (Wildman–Crippen LogP) is 2.07. The third-order valence-corrected chi connectivity index (χ3v) is 5.09. The summed E-state index contributed by atoms with van der Waals surface area (Å²) in [5.41, 5.74) is -0.245. The van der Waals surface area contributed by atoms with Crippen LogP contribution in [-0.2, 0) is 14.9 Å². The minimum absolute atomic E-state index is 0.297. The Morgan fingerprint density at radius 1 is 1.25 bits per heavy atom. The Labute approximate surface area is 138 Å². The van der Waals surface area contributed by atoms with Crippen LogP contribution in [0.3, 0.4) is 0 Å². The number of hydrogen-bond donors (Lipinski definition) is 0. The van der Waals surface area contributed by atoms with Gasteiger partial charge in [0.15, 0.2) is 0 Å². The van der Waals surface area contributed by atoms with E-state index in [1.54, 1.807) is 37.3 Å². The van der Waals surface area contributed by atoms with Gasteiger partial charge in [-0.25, -0.2) is 13.2 Å². The molecule has 0 bridgehead atoms. The predicted molar refractivity (Wildman–Crippen MR) is 88.5 cm³/mol. The maximum absolute atomic E-state index is 11.6. The SMILES string of the molecule is COC1(C)C=CC(S(=O)(=O)[O-])C(c2ccc3ccc(=O)oc3c2)=C1. The molecule has 1 aliphatic rings. The third kappa shape index (κ3) is 3.06. The summed E-state index contributed by atoms with van der Waals surface area (Å²) in [6.07, 6.45) is 4.46. The lowest BCUT2D eigenvalue weighted by atomic mass is 9.89. The summed E-state index contributed by atoms with van der Waals surface area (Å²) in [6, 6.07) is 7.85. The zero-order valence-electron chi connectivity index (χ0n) is 13.1. The monoisotopic (exact) mass is 347 g/mol. The molecule has 2 unspecified atom stereocenters. The molecule has 1 heterocycles. The molecule has 0 spiro atoms. The second kappa shape index (κ2) is 5.70. The van der Waals surface area contributed by atoms with E-state index in [0.29, 0.717) is 22.1 Å². The van der Waals surface area contributed by atoms with Gasteiger partial charge in [-0.2, -0.15) is 0 Å². The van der Waals surface area contributed by atoms with Crippen LogP contribution in [0.5, 0.6) is 0 Å². The summed E-state index contributed by atoms with van der Waals surface area (Å²) in [6.45, 7) is 1.75. The summed E-state index contributed by atoms with van der Waals surface area (Å²) < 4.78 is 45.4. The van der Waals surface area contributed by atoms with Crippen molar-refractivity contribution in [3.05, 3.63) is 64.5 Å². The highest BCUT2D eigenvalue weighted by Gasteiger charge is 2.30. The molecule has 6 nitrogen and oxygen atoms in total. The van der Waals surface area contributed by atoms with Crippen molar-refractivity contribution >= 4 is 26.7 Å². The van der Waals surface area contributed by atoms with Crippen molar-refractivity contribution in [3.8, 4) is 0 Å². The number of hydrogen-bond acceptors (Lipinski definition) is 6. The van der Waals surface area contributed by atoms with E-state index in [1.807, 2.05) is 0 Å². The Morgan fingerprint density at radius 2 is 1.96 bits per heavy atom. The van der Waals surface area contributed by atoms with Gasteiger partial charge in [0.2, 0.25) is 0 Å². The molecule has 0 radical (unpaired) electrons. The molecule has 0 amide bonds. The third-order valence-electron chi connectivity index (χ3n) is 4.06. The lowest BCUT2D eigenvalue weighted by Crippen LogP contribution is -2.31. The van der Waals surface area contributed by atoms with Gasteiger partial charge in [-0.3, -0.25) is 0 Å². The molecular formula is C17H15O6S-. The number of benzene rings is 1. The minimum Gasteiger partial charge on any atom is -0.747 e.